The second-order valence-corrected chi connectivity index (χ2v) is 4.67. The molecule has 0 fully saturated rings. The summed E-state index contributed by atoms with van der Waals surface area (Å²) in [4.78, 5) is 26.4. The lowest BCUT2D eigenvalue weighted by Crippen LogP contribution is -2.20. The van der Waals surface area contributed by atoms with Gasteiger partial charge in [0.15, 0.2) is 0 Å². The monoisotopic (exact) mass is 289 g/mol. The molecule has 0 saturated heterocycles. The van der Waals surface area contributed by atoms with Crippen molar-refractivity contribution in [1.82, 2.24) is 5.01 Å². The Kier molecular flexibility index (Phi) is 9.06. The Morgan fingerprint density at radius 2 is 1.90 bits per heavy atom. The van der Waals surface area contributed by atoms with E-state index in [1.807, 2.05) is 0 Å². The predicted octanol–water partition coefficient (Wildman–Crippen LogP) is 2.02. The fraction of sp³-hybridized carbons (Fsp3) is 0.833. The second-order valence-electron chi connectivity index (χ2n) is 4.67. The standard InChI is InChI=1S/C12H23N3O5/c1-9(2)12(18)19-10(3)20-14-13-15(4)8-6-5-7-11(16)17/h9-10H,5-8H2,1-4H3,(H,16,17)/b14-13-. The van der Waals surface area contributed by atoms with Gasteiger partial charge >= 0.3 is 11.9 Å². The van der Waals surface area contributed by atoms with E-state index < -0.39 is 12.3 Å². The number of nitrogens with zero attached hydrogens (tertiary/aromatic N) is 3. The average molecular weight is 289 g/mol. The summed E-state index contributed by atoms with van der Waals surface area (Å²) < 4.78 is 4.92. The number of hydrogen-bond donors (Lipinski definition) is 1. The van der Waals surface area contributed by atoms with Gasteiger partial charge in [-0.1, -0.05) is 13.8 Å². The molecule has 1 atom stereocenters. The smallest absolute Gasteiger partial charge is 0.311 e. The molecule has 0 aromatic heterocycles. The van der Waals surface area contributed by atoms with E-state index in [0.29, 0.717) is 19.4 Å². The molecule has 0 aromatic rings. The molecule has 8 heteroatoms. The number of carboxylic acid groups (broad SMARTS) is 1. The van der Waals surface area contributed by atoms with E-state index >= 15 is 0 Å². The molecule has 0 aliphatic heterocycles. The number of carboxylic acids is 1. The van der Waals surface area contributed by atoms with Crippen LogP contribution in [0.3, 0.4) is 0 Å². The number of aliphatic carboxylic acids is 1. The zero-order valence-corrected chi connectivity index (χ0v) is 12.4. The van der Waals surface area contributed by atoms with Crippen LogP contribution in [0.1, 0.15) is 40.0 Å². The molecule has 0 bridgehead atoms. The topological polar surface area (TPSA) is 101 Å². The molecule has 0 spiro atoms. The molecule has 0 aromatic carbocycles. The highest BCUT2D eigenvalue weighted by atomic mass is 16.8. The molecule has 0 rings (SSSR count). The first kappa shape index (κ1) is 18.1. The molecule has 20 heavy (non-hydrogen) atoms. The van der Waals surface area contributed by atoms with Crippen LogP contribution >= 0.6 is 0 Å². The van der Waals surface area contributed by atoms with Gasteiger partial charge in [0, 0.05) is 32.2 Å². The molecular weight excluding hydrogens is 266 g/mol. The molecule has 116 valence electrons. The summed E-state index contributed by atoms with van der Waals surface area (Å²) in [5.74, 6) is -1.40. The fourth-order valence-corrected chi connectivity index (χ4v) is 1.13. The van der Waals surface area contributed by atoms with E-state index in [0.717, 1.165) is 0 Å². The van der Waals surface area contributed by atoms with E-state index in [1.54, 1.807) is 27.8 Å². The van der Waals surface area contributed by atoms with Crippen molar-refractivity contribution in [2.45, 2.75) is 46.3 Å². The van der Waals surface area contributed by atoms with Crippen LogP contribution in [0.25, 0.3) is 0 Å². The highest BCUT2D eigenvalue weighted by Crippen LogP contribution is 2.03. The number of carbonyl (C=O) groups excluding carboxylic acids is 1. The minimum Gasteiger partial charge on any atom is -0.481 e. The summed E-state index contributed by atoms with van der Waals surface area (Å²) in [6.45, 7) is 5.56. The lowest BCUT2D eigenvalue weighted by Gasteiger charge is -2.13. The van der Waals surface area contributed by atoms with Crippen molar-refractivity contribution in [3.05, 3.63) is 0 Å². The lowest BCUT2D eigenvalue weighted by atomic mass is 10.2. The normalized spacial score (nSPS) is 12.4. The molecular formula is C12H23N3O5. The van der Waals surface area contributed by atoms with E-state index in [1.165, 1.54) is 5.01 Å². The first-order valence-electron chi connectivity index (χ1n) is 6.53. The van der Waals surface area contributed by atoms with E-state index in [4.69, 9.17) is 14.7 Å². The average Bonchev–Trinajstić information content (AvgIpc) is 2.34. The quantitative estimate of drug-likeness (QED) is 0.217. The van der Waals surface area contributed by atoms with Crippen LogP contribution in [0.4, 0.5) is 0 Å². The highest BCUT2D eigenvalue weighted by molar-refractivity contribution is 5.71. The first-order valence-corrected chi connectivity index (χ1v) is 6.53. The largest absolute Gasteiger partial charge is 0.481 e. The highest BCUT2D eigenvalue weighted by Gasteiger charge is 2.13. The summed E-state index contributed by atoms with van der Waals surface area (Å²) in [6.07, 6.45) is 0.621. The molecule has 0 radical (unpaired) electrons. The van der Waals surface area contributed by atoms with Gasteiger partial charge in [-0.25, -0.2) is 0 Å². The molecule has 0 aliphatic carbocycles. The van der Waals surface area contributed by atoms with Gasteiger partial charge in [0.05, 0.1) is 5.92 Å². The van der Waals surface area contributed by atoms with Crippen molar-refractivity contribution in [2.75, 3.05) is 13.6 Å². The van der Waals surface area contributed by atoms with Crippen LogP contribution in [-0.4, -0.2) is 41.9 Å². The van der Waals surface area contributed by atoms with Crippen molar-refractivity contribution >= 4 is 11.9 Å². The second kappa shape index (κ2) is 9.99. The van der Waals surface area contributed by atoms with Crippen LogP contribution in [-0.2, 0) is 19.2 Å². The minimum absolute atomic E-state index is 0.143. The lowest BCUT2D eigenvalue weighted by molar-refractivity contribution is -0.181. The maximum absolute atomic E-state index is 11.2. The molecule has 8 nitrogen and oxygen atoms in total. The summed E-state index contributed by atoms with van der Waals surface area (Å²) >= 11 is 0. The van der Waals surface area contributed by atoms with Crippen molar-refractivity contribution < 1.29 is 24.3 Å². The molecule has 0 amide bonds. The van der Waals surface area contributed by atoms with Gasteiger partial charge in [0.25, 0.3) is 6.29 Å². The Morgan fingerprint density at radius 1 is 1.25 bits per heavy atom. The number of esters is 1. The van der Waals surface area contributed by atoms with Gasteiger partial charge in [-0.15, -0.1) is 0 Å². The minimum atomic E-state index is -0.807. The van der Waals surface area contributed by atoms with Gasteiger partial charge < -0.3 is 14.7 Å². The fourth-order valence-electron chi connectivity index (χ4n) is 1.13. The van der Waals surface area contributed by atoms with Crippen molar-refractivity contribution in [2.24, 2.45) is 16.4 Å². The van der Waals surface area contributed by atoms with Crippen LogP contribution in [0, 0.1) is 5.92 Å². The number of unbranched alkanes of at least 4 members (excludes halogenated alkanes) is 1. The molecule has 0 heterocycles. The summed E-state index contributed by atoms with van der Waals surface area (Å²) in [5, 5.41) is 17.2. The third kappa shape index (κ3) is 10.1. The van der Waals surface area contributed by atoms with Crippen LogP contribution in [0.5, 0.6) is 0 Å². The summed E-state index contributed by atoms with van der Waals surface area (Å²) in [6, 6.07) is 0. The van der Waals surface area contributed by atoms with Gasteiger partial charge in [-0.2, -0.15) is 0 Å². The zero-order chi connectivity index (χ0) is 15.5. The Bertz CT molecular complexity index is 333. The maximum atomic E-state index is 11.2. The van der Waals surface area contributed by atoms with Crippen molar-refractivity contribution in [3.8, 4) is 0 Å². The van der Waals surface area contributed by atoms with Gasteiger partial charge in [-0.3, -0.25) is 14.6 Å². The van der Waals surface area contributed by atoms with Crippen LogP contribution in [0.2, 0.25) is 0 Å². The zero-order valence-electron chi connectivity index (χ0n) is 12.4. The number of ether oxygens (including phenoxy) is 1. The van der Waals surface area contributed by atoms with Crippen LogP contribution in [0.15, 0.2) is 10.5 Å². The third-order valence-electron chi connectivity index (χ3n) is 2.26. The Hall–Kier alpha value is -1.86. The van der Waals surface area contributed by atoms with Crippen LogP contribution < -0.4 is 0 Å². The predicted molar refractivity (Wildman–Crippen MR) is 70.4 cm³/mol. The van der Waals surface area contributed by atoms with E-state index in [9.17, 15) is 9.59 Å². The summed E-state index contributed by atoms with van der Waals surface area (Å²) in [5.41, 5.74) is 0. The SMILES string of the molecule is CC(O/N=N\N(C)CCCCC(=O)O)OC(=O)C(C)C. The van der Waals surface area contributed by atoms with E-state index in [2.05, 4.69) is 10.5 Å². The Balaban J connectivity index is 3.76. The summed E-state index contributed by atoms with van der Waals surface area (Å²) in [7, 11) is 1.69. The molecule has 1 unspecified atom stereocenters. The molecule has 1 N–H and O–H groups in total. The van der Waals surface area contributed by atoms with Crippen molar-refractivity contribution in [1.29, 1.82) is 0 Å². The van der Waals surface area contributed by atoms with Gasteiger partial charge in [0.1, 0.15) is 0 Å². The van der Waals surface area contributed by atoms with Crippen molar-refractivity contribution in [3.63, 3.8) is 0 Å². The van der Waals surface area contributed by atoms with Gasteiger partial charge in [0.2, 0.25) is 0 Å². The third-order valence-corrected chi connectivity index (χ3v) is 2.26. The molecule has 0 saturated carbocycles. The Morgan fingerprint density at radius 3 is 2.45 bits per heavy atom. The number of rotatable bonds is 10. The first-order chi connectivity index (χ1) is 9.32. The van der Waals surface area contributed by atoms with E-state index in [-0.39, 0.29) is 18.3 Å². The maximum Gasteiger partial charge on any atom is 0.311 e. The van der Waals surface area contributed by atoms with Gasteiger partial charge in [-0.05, 0) is 18.1 Å². The number of carbonyl (C=O) groups is 2. The number of hydrogen-bond acceptors (Lipinski definition) is 6. The molecule has 0 aliphatic rings. The Labute approximate surface area is 118 Å².